The second kappa shape index (κ2) is 8.35. The number of rotatable bonds is 6. The number of nitro benzene ring substituents is 1. The van der Waals surface area contributed by atoms with Crippen molar-refractivity contribution in [2.75, 3.05) is 37.3 Å². The van der Waals surface area contributed by atoms with Crippen LogP contribution in [0.1, 0.15) is 25.7 Å². The Kier molecular flexibility index (Phi) is 6.41. The summed E-state index contributed by atoms with van der Waals surface area (Å²) in [4.78, 5) is 24.7. The minimum absolute atomic E-state index is 0.0210. The van der Waals surface area contributed by atoms with Crippen molar-refractivity contribution in [3.63, 3.8) is 0 Å². The SMILES string of the molecule is COc1ccc([N+](=O)[O-])cc1N(CC(=O)N1CCCCCC1)S(C)(=O)=O. The van der Waals surface area contributed by atoms with Gasteiger partial charge in [-0.15, -0.1) is 0 Å². The van der Waals surface area contributed by atoms with E-state index in [4.69, 9.17) is 4.74 Å². The number of sulfonamides is 1. The summed E-state index contributed by atoms with van der Waals surface area (Å²) in [7, 11) is -2.52. The van der Waals surface area contributed by atoms with E-state index in [2.05, 4.69) is 0 Å². The number of ether oxygens (including phenoxy) is 1. The number of hydrogen-bond acceptors (Lipinski definition) is 6. The maximum atomic E-state index is 12.6. The Hall–Kier alpha value is -2.36. The number of amides is 1. The van der Waals surface area contributed by atoms with Gasteiger partial charge in [0, 0.05) is 25.2 Å². The average molecular weight is 385 g/mol. The van der Waals surface area contributed by atoms with E-state index in [1.54, 1.807) is 4.90 Å². The molecule has 1 saturated heterocycles. The Balaban J connectivity index is 2.37. The smallest absolute Gasteiger partial charge is 0.271 e. The van der Waals surface area contributed by atoms with Crippen LogP contribution >= 0.6 is 0 Å². The Labute approximate surface area is 152 Å². The van der Waals surface area contributed by atoms with E-state index in [-0.39, 0.29) is 23.0 Å². The number of carbonyl (C=O) groups excluding carboxylic acids is 1. The molecule has 1 aromatic carbocycles. The molecule has 0 saturated carbocycles. The Bertz CT molecular complexity index is 772. The monoisotopic (exact) mass is 385 g/mol. The van der Waals surface area contributed by atoms with E-state index in [9.17, 15) is 23.3 Å². The van der Waals surface area contributed by atoms with Crippen molar-refractivity contribution >= 4 is 27.3 Å². The van der Waals surface area contributed by atoms with Crippen LogP contribution in [-0.2, 0) is 14.8 Å². The second-order valence-electron chi connectivity index (χ2n) is 6.18. The fourth-order valence-corrected chi connectivity index (χ4v) is 3.76. The first-order chi connectivity index (χ1) is 12.2. The van der Waals surface area contributed by atoms with Gasteiger partial charge in [-0.25, -0.2) is 8.42 Å². The van der Waals surface area contributed by atoms with Crippen molar-refractivity contribution in [2.24, 2.45) is 0 Å². The number of hydrogen-bond donors (Lipinski definition) is 0. The minimum Gasteiger partial charge on any atom is -0.495 e. The first-order valence-corrected chi connectivity index (χ1v) is 10.2. The first-order valence-electron chi connectivity index (χ1n) is 8.32. The van der Waals surface area contributed by atoms with Crippen LogP contribution in [0.3, 0.4) is 0 Å². The number of likely N-dealkylation sites (tertiary alicyclic amines) is 1. The van der Waals surface area contributed by atoms with Crippen LogP contribution < -0.4 is 9.04 Å². The standard InChI is InChI=1S/C16H23N3O6S/c1-25-15-8-7-13(19(21)22)11-14(15)18(26(2,23)24)12-16(20)17-9-5-3-4-6-10-17/h7-8,11H,3-6,9-10,12H2,1-2H3. The van der Waals surface area contributed by atoms with Crippen molar-refractivity contribution < 1.29 is 22.9 Å². The maximum Gasteiger partial charge on any atom is 0.271 e. The summed E-state index contributed by atoms with van der Waals surface area (Å²) in [5, 5.41) is 11.1. The Morgan fingerprint density at radius 3 is 2.38 bits per heavy atom. The molecule has 2 rings (SSSR count). The van der Waals surface area contributed by atoms with Gasteiger partial charge in [-0.05, 0) is 18.9 Å². The molecule has 0 radical (unpaired) electrons. The fourth-order valence-electron chi connectivity index (χ4n) is 2.91. The highest BCUT2D eigenvalue weighted by Gasteiger charge is 2.28. The van der Waals surface area contributed by atoms with Crippen LogP contribution in [-0.4, -0.2) is 57.1 Å². The molecule has 10 heteroatoms. The van der Waals surface area contributed by atoms with E-state index < -0.39 is 21.5 Å². The molecular formula is C16H23N3O6S. The zero-order valence-electron chi connectivity index (χ0n) is 14.9. The number of nitrogens with zero attached hydrogens (tertiary/aromatic N) is 3. The molecule has 1 aromatic rings. The van der Waals surface area contributed by atoms with Gasteiger partial charge in [-0.1, -0.05) is 12.8 Å². The van der Waals surface area contributed by atoms with Gasteiger partial charge < -0.3 is 9.64 Å². The zero-order valence-corrected chi connectivity index (χ0v) is 15.7. The number of nitro groups is 1. The molecular weight excluding hydrogens is 362 g/mol. The van der Waals surface area contributed by atoms with E-state index >= 15 is 0 Å². The Morgan fingerprint density at radius 2 is 1.88 bits per heavy atom. The number of non-ortho nitro benzene ring substituents is 1. The summed E-state index contributed by atoms with van der Waals surface area (Å²) in [6.45, 7) is 0.751. The van der Waals surface area contributed by atoms with Gasteiger partial charge in [0.05, 0.1) is 18.3 Å². The largest absolute Gasteiger partial charge is 0.495 e. The lowest BCUT2D eigenvalue weighted by Gasteiger charge is -2.27. The molecule has 9 nitrogen and oxygen atoms in total. The van der Waals surface area contributed by atoms with Crippen LogP contribution in [0.5, 0.6) is 5.75 Å². The van der Waals surface area contributed by atoms with Gasteiger partial charge >= 0.3 is 0 Å². The summed E-state index contributed by atoms with van der Waals surface area (Å²) in [5.74, 6) is -0.185. The van der Waals surface area contributed by atoms with E-state index in [0.29, 0.717) is 13.1 Å². The molecule has 0 unspecified atom stereocenters. The number of anilines is 1. The lowest BCUT2D eigenvalue weighted by atomic mass is 10.2. The molecule has 1 aliphatic rings. The van der Waals surface area contributed by atoms with Gasteiger partial charge in [0.2, 0.25) is 15.9 Å². The van der Waals surface area contributed by atoms with Crippen LogP contribution in [0.2, 0.25) is 0 Å². The van der Waals surface area contributed by atoms with Crippen molar-refractivity contribution in [3.05, 3.63) is 28.3 Å². The molecule has 1 amide bonds. The summed E-state index contributed by atoms with van der Waals surface area (Å²) in [6.07, 6.45) is 4.80. The molecule has 1 aliphatic heterocycles. The molecule has 1 heterocycles. The third-order valence-electron chi connectivity index (χ3n) is 4.28. The lowest BCUT2D eigenvalue weighted by molar-refractivity contribution is -0.384. The number of methoxy groups -OCH3 is 1. The summed E-state index contributed by atoms with van der Waals surface area (Å²) in [6, 6.07) is 3.65. The molecule has 0 bridgehead atoms. The van der Waals surface area contributed by atoms with Crippen molar-refractivity contribution in [1.82, 2.24) is 4.90 Å². The molecule has 26 heavy (non-hydrogen) atoms. The van der Waals surface area contributed by atoms with E-state index in [0.717, 1.165) is 42.3 Å². The minimum atomic E-state index is -3.85. The van der Waals surface area contributed by atoms with E-state index in [1.807, 2.05) is 0 Å². The molecule has 0 aliphatic carbocycles. The van der Waals surface area contributed by atoms with Gasteiger partial charge in [0.1, 0.15) is 18.0 Å². The summed E-state index contributed by atoms with van der Waals surface area (Å²) in [5.41, 5.74) is -0.302. The van der Waals surface area contributed by atoms with Gasteiger partial charge in [-0.3, -0.25) is 19.2 Å². The molecule has 0 spiro atoms. The van der Waals surface area contributed by atoms with Crippen molar-refractivity contribution in [1.29, 1.82) is 0 Å². The third kappa shape index (κ3) is 4.84. The van der Waals surface area contributed by atoms with Crippen molar-refractivity contribution in [2.45, 2.75) is 25.7 Å². The molecule has 0 aromatic heterocycles. The highest BCUT2D eigenvalue weighted by Crippen LogP contribution is 2.33. The zero-order chi connectivity index (χ0) is 19.3. The van der Waals surface area contributed by atoms with E-state index in [1.165, 1.54) is 19.2 Å². The quantitative estimate of drug-likeness (QED) is 0.545. The average Bonchev–Trinajstić information content (AvgIpc) is 2.87. The van der Waals surface area contributed by atoms with Gasteiger partial charge in [0.25, 0.3) is 5.69 Å². The van der Waals surface area contributed by atoms with Gasteiger partial charge in [-0.2, -0.15) is 0 Å². The molecule has 144 valence electrons. The molecule has 0 atom stereocenters. The van der Waals surface area contributed by atoms with Crippen molar-refractivity contribution in [3.8, 4) is 5.75 Å². The Morgan fingerprint density at radius 1 is 1.27 bits per heavy atom. The van der Waals surface area contributed by atoms with Crippen LogP contribution in [0.25, 0.3) is 0 Å². The predicted molar refractivity (Wildman–Crippen MR) is 96.9 cm³/mol. The van der Waals surface area contributed by atoms with Crippen LogP contribution in [0, 0.1) is 10.1 Å². The topological polar surface area (TPSA) is 110 Å². The number of carbonyl (C=O) groups is 1. The third-order valence-corrected chi connectivity index (χ3v) is 5.41. The van der Waals surface area contributed by atoms with Crippen LogP contribution in [0.4, 0.5) is 11.4 Å². The number of benzene rings is 1. The highest BCUT2D eigenvalue weighted by molar-refractivity contribution is 7.92. The highest BCUT2D eigenvalue weighted by atomic mass is 32.2. The normalized spacial score (nSPS) is 15.2. The molecule has 1 fully saturated rings. The first kappa shape index (κ1) is 20.0. The predicted octanol–water partition coefficient (Wildman–Crippen LogP) is 1.77. The summed E-state index contributed by atoms with van der Waals surface area (Å²) < 4.78 is 30.6. The second-order valence-corrected chi connectivity index (χ2v) is 8.08. The van der Waals surface area contributed by atoms with Crippen LogP contribution in [0.15, 0.2) is 18.2 Å². The maximum absolute atomic E-state index is 12.6. The summed E-state index contributed by atoms with van der Waals surface area (Å²) >= 11 is 0. The molecule has 0 N–H and O–H groups in total. The fraction of sp³-hybridized carbons (Fsp3) is 0.562. The van der Waals surface area contributed by atoms with Gasteiger partial charge in [0.15, 0.2) is 0 Å². The lowest BCUT2D eigenvalue weighted by Crippen LogP contribution is -2.43.